The minimum atomic E-state index is -3.83. The van der Waals surface area contributed by atoms with Gasteiger partial charge in [0.2, 0.25) is 0 Å². The highest BCUT2D eigenvalue weighted by atomic mass is 19.3. The summed E-state index contributed by atoms with van der Waals surface area (Å²) in [4.78, 5) is 0. The van der Waals surface area contributed by atoms with Gasteiger partial charge in [0, 0.05) is 0 Å². The van der Waals surface area contributed by atoms with Crippen LogP contribution in [-0.4, -0.2) is 35.3 Å². The molecule has 0 aromatic rings. The van der Waals surface area contributed by atoms with Crippen molar-refractivity contribution in [3.8, 4) is 0 Å². The normalized spacial score (nSPS) is 13.6. The molecule has 0 spiro atoms. The summed E-state index contributed by atoms with van der Waals surface area (Å²) >= 11 is 0. The molecule has 11 heavy (non-hydrogen) atoms. The van der Waals surface area contributed by atoms with E-state index in [9.17, 15) is 17.6 Å². The molecule has 0 amide bonds. The molecule has 0 bridgehead atoms. The highest BCUT2D eigenvalue weighted by Gasteiger charge is 2.42. The van der Waals surface area contributed by atoms with E-state index in [2.05, 4.69) is 0 Å². The second-order valence-corrected chi connectivity index (χ2v) is 2.20. The molecule has 0 unspecified atom stereocenters. The third-order valence-corrected chi connectivity index (χ3v) is 0.980. The van der Waals surface area contributed by atoms with Crippen molar-refractivity contribution in [1.29, 1.82) is 0 Å². The van der Waals surface area contributed by atoms with Gasteiger partial charge in [0.1, 0.15) is 13.2 Å². The molecule has 0 rings (SSSR count). The van der Waals surface area contributed by atoms with E-state index in [1.54, 1.807) is 0 Å². The van der Waals surface area contributed by atoms with Gasteiger partial charge in [-0.3, -0.25) is 0 Å². The van der Waals surface area contributed by atoms with Crippen LogP contribution in [0, 0.1) is 0 Å². The summed E-state index contributed by atoms with van der Waals surface area (Å²) in [5, 5.41) is 15.8. The van der Waals surface area contributed by atoms with Crippen molar-refractivity contribution in [2.45, 2.75) is 18.3 Å². The Balaban J connectivity index is 4.02. The summed E-state index contributed by atoms with van der Waals surface area (Å²) in [6, 6.07) is 0. The third-order valence-electron chi connectivity index (χ3n) is 0.980. The van der Waals surface area contributed by atoms with Gasteiger partial charge in [0.15, 0.2) is 0 Å². The number of halogens is 4. The molecular weight excluding hydrogens is 168 g/mol. The van der Waals surface area contributed by atoms with Gasteiger partial charge in [-0.15, -0.1) is 0 Å². The van der Waals surface area contributed by atoms with E-state index in [-0.39, 0.29) is 0 Å². The lowest BCUT2D eigenvalue weighted by atomic mass is 10.1. The van der Waals surface area contributed by atoms with E-state index in [1.165, 1.54) is 0 Å². The van der Waals surface area contributed by atoms with Crippen LogP contribution in [0.4, 0.5) is 17.6 Å². The largest absolute Gasteiger partial charge is 0.390 e. The predicted molar refractivity (Wildman–Crippen MR) is 28.7 cm³/mol. The van der Waals surface area contributed by atoms with Crippen LogP contribution >= 0.6 is 0 Å². The zero-order valence-corrected chi connectivity index (χ0v) is 5.53. The van der Waals surface area contributed by atoms with E-state index in [0.29, 0.717) is 0 Å². The molecule has 0 saturated heterocycles. The van der Waals surface area contributed by atoms with Crippen LogP contribution in [0.5, 0.6) is 0 Å². The average molecular weight is 176 g/mol. The fourth-order valence-corrected chi connectivity index (χ4v) is 0.490. The Kier molecular flexibility index (Phi) is 3.25. The van der Waals surface area contributed by atoms with E-state index in [1.807, 2.05) is 0 Å². The maximum Gasteiger partial charge on any atom is 0.276 e. The number of aliphatic hydroxyl groups excluding tert-OH is 2. The molecular formula is C5H8F4O2. The lowest BCUT2D eigenvalue weighted by molar-refractivity contribution is -0.147. The molecule has 0 aromatic carbocycles. The van der Waals surface area contributed by atoms with Crippen molar-refractivity contribution >= 4 is 0 Å². The molecule has 2 N–H and O–H groups in total. The van der Waals surface area contributed by atoms with Gasteiger partial charge in [-0.25, -0.2) is 17.6 Å². The SMILES string of the molecule is OCC(F)(F)CC(F)(F)CO. The second-order valence-electron chi connectivity index (χ2n) is 2.20. The lowest BCUT2D eigenvalue weighted by Gasteiger charge is -2.19. The second kappa shape index (κ2) is 3.36. The summed E-state index contributed by atoms with van der Waals surface area (Å²) in [6.07, 6.45) is -1.83. The van der Waals surface area contributed by atoms with Crippen molar-refractivity contribution in [2.75, 3.05) is 13.2 Å². The molecule has 0 aromatic heterocycles. The third kappa shape index (κ3) is 4.15. The Morgan fingerprint density at radius 3 is 1.27 bits per heavy atom. The Morgan fingerprint density at radius 2 is 1.09 bits per heavy atom. The van der Waals surface area contributed by atoms with Gasteiger partial charge >= 0.3 is 0 Å². The van der Waals surface area contributed by atoms with Gasteiger partial charge in [-0.2, -0.15) is 0 Å². The standard InChI is InChI=1S/C5H8F4O2/c6-4(7,2-10)1-5(8,9)3-11/h10-11H,1-3H2. The van der Waals surface area contributed by atoms with Crippen molar-refractivity contribution < 1.29 is 27.8 Å². The molecule has 2 nitrogen and oxygen atoms in total. The summed E-state index contributed by atoms with van der Waals surface area (Å²) < 4.78 is 48.0. The summed E-state index contributed by atoms with van der Waals surface area (Å²) in [5.74, 6) is -7.65. The minimum Gasteiger partial charge on any atom is -0.390 e. The van der Waals surface area contributed by atoms with E-state index in [0.717, 1.165) is 0 Å². The molecule has 6 heteroatoms. The topological polar surface area (TPSA) is 40.5 Å². The zero-order valence-electron chi connectivity index (χ0n) is 5.53. The summed E-state index contributed by atoms with van der Waals surface area (Å²) in [5.41, 5.74) is 0. The number of rotatable bonds is 4. The van der Waals surface area contributed by atoms with Crippen molar-refractivity contribution in [1.82, 2.24) is 0 Å². The lowest BCUT2D eigenvalue weighted by Crippen LogP contribution is -2.34. The van der Waals surface area contributed by atoms with Crippen LogP contribution in [-0.2, 0) is 0 Å². The number of hydrogen-bond acceptors (Lipinski definition) is 2. The number of aliphatic hydroxyl groups is 2. The van der Waals surface area contributed by atoms with Gasteiger partial charge < -0.3 is 10.2 Å². The van der Waals surface area contributed by atoms with Gasteiger partial charge in [-0.05, 0) is 0 Å². The number of alkyl halides is 4. The first-order valence-corrected chi connectivity index (χ1v) is 2.80. The summed E-state index contributed by atoms with van der Waals surface area (Å²) in [7, 11) is 0. The van der Waals surface area contributed by atoms with Crippen LogP contribution in [0.1, 0.15) is 6.42 Å². The van der Waals surface area contributed by atoms with Gasteiger partial charge in [-0.1, -0.05) is 0 Å². The monoisotopic (exact) mass is 176 g/mol. The molecule has 0 aliphatic carbocycles. The van der Waals surface area contributed by atoms with Crippen LogP contribution < -0.4 is 0 Å². The van der Waals surface area contributed by atoms with Crippen LogP contribution in [0.2, 0.25) is 0 Å². The van der Waals surface area contributed by atoms with Crippen molar-refractivity contribution in [3.05, 3.63) is 0 Å². The van der Waals surface area contributed by atoms with Crippen LogP contribution in [0.15, 0.2) is 0 Å². The first kappa shape index (κ1) is 10.6. The Hall–Kier alpha value is -0.360. The predicted octanol–water partition coefficient (Wildman–Crippen LogP) is 0.632. The molecule has 0 radical (unpaired) electrons. The molecule has 0 aliphatic heterocycles. The first-order chi connectivity index (χ1) is 4.83. The van der Waals surface area contributed by atoms with Crippen molar-refractivity contribution in [3.63, 3.8) is 0 Å². The van der Waals surface area contributed by atoms with E-state index >= 15 is 0 Å². The molecule has 0 fully saturated rings. The van der Waals surface area contributed by atoms with Crippen molar-refractivity contribution in [2.24, 2.45) is 0 Å². The minimum absolute atomic E-state index is 1.64. The maximum absolute atomic E-state index is 12.0. The maximum atomic E-state index is 12.0. The summed E-state index contributed by atoms with van der Waals surface area (Å²) in [6.45, 7) is -3.27. The Bertz CT molecular complexity index is 112. The average Bonchev–Trinajstić information content (AvgIpc) is 1.86. The molecule has 0 saturated carbocycles. The fraction of sp³-hybridized carbons (Fsp3) is 1.00. The Morgan fingerprint density at radius 1 is 0.818 bits per heavy atom. The highest BCUT2D eigenvalue weighted by Crippen LogP contribution is 2.29. The zero-order chi connectivity index (χ0) is 9.12. The molecule has 0 atom stereocenters. The smallest absolute Gasteiger partial charge is 0.276 e. The van der Waals surface area contributed by atoms with Gasteiger partial charge in [0.05, 0.1) is 6.42 Å². The van der Waals surface area contributed by atoms with Crippen LogP contribution in [0.3, 0.4) is 0 Å². The number of hydrogen-bond donors (Lipinski definition) is 2. The quantitative estimate of drug-likeness (QED) is 0.617. The van der Waals surface area contributed by atoms with Gasteiger partial charge in [0.25, 0.3) is 11.8 Å². The van der Waals surface area contributed by atoms with E-state index < -0.39 is 31.5 Å². The van der Waals surface area contributed by atoms with E-state index in [4.69, 9.17) is 10.2 Å². The highest BCUT2D eigenvalue weighted by molar-refractivity contribution is 4.75. The molecule has 68 valence electrons. The Labute approximate surface area is 60.4 Å². The molecule has 0 aliphatic rings. The first-order valence-electron chi connectivity index (χ1n) is 2.80. The fourth-order valence-electron chi connectivity index (χ4n) is 0.490. The molecule has 0 heterocycles. The van der Waals surface area contributed by atoms with Crippen LogP contribution in [0.25, 0.3) is 0 Å².